The molecule has 0 spiro atoms. The van der Waals surface area contributed by atoms with E-state index in [0.717, 1.165) is 68.1 Å². The predicted molar refractivity (Wildman–Crippen MR) is 152 cm³/mol. The van der Waals surface area contributed by atoms with Gasteiger partial charge < -0.3 is 14.7 Å². The highest BCUT2D eigenvalue weighted by molar-refractivity contribution is 5.81. The fourth-order valence-corrected chi connectivity index (χ4v) is 5.54. The molecule has 9 heteroatoms. The molecular formula is C31H32N4O5. The van der Waals surface area contributed by atoms with Crippen molar-refractivity contribution in [3.05, 3.63) is 109 Å². The van der Waals surface area contributed by atoms with Gasteiger partial charge in [-0.2, -0.15) is 0 Å². The molecule has 3 aromatic rings. The molecule has 40 heavy (non-hydrogen) atoms. The molecule has 0 aromatic heterocycles. The third-order valence-electron chi connectivity index (χ3n) is 7.70. The van der Waals surface area contributed by atoms with Crippen LogP contribution in [0, 0.1) is 10.7 Å². The lowest BCUT2D eigenvalue weighted by atomic mass is 9.99. The maximum absolute atomic E-state index is 13.2. The number of aromatic nitrogens is 3. The largest absolute Gasteiger partial charge is 0.496 e. The van der Waals surface area contributed by atoms with Crippen LogP contribution in [-0.2, 0) is 17.7 Å². The first-order chi connectivity index (χ1) is 19.5. The summed E-state index contributed by atoms with van der Waals surface area (Å²) in [5, 5.41) is 14.1. The van der Waals surface area contributed by atoms with Gasteiger partial charge in [-0.1, -0.05) is 65.6 Å². The zero-order valence-electron chi connectivity index (χ0n) is 22.4. The van der Waals surface area contributed by atoms with Gasteiger partial charge in [0.1, 0.15) is 16.4 Å². The van der Waals surface area contributed by atoms with Crippen LogP contribution in [0.4, 0.5) is 0 Å². The molecule has 0 unspecified atom stereocenters. The number of hydrogen-bond acceptors (Lipinski definition) is 6. The van der Waals surface area contributed by atoms with E-state index < -0.39 is 0 Å². The molecule has 206 valence electrons. The smallest absolute Gasteiger partial charge is 0.214 e. The lowest BCUT2D eigenvalue weighted by Gasteiger charge is -2.26. The Hall–Kier alpha value is -4.34. The van der Waals surface area contributed by atoms with Crippen molar-refractivity contribution in [1.82, 2.24) is 19.6 Å². The number of rotatable bonds is 8. The highest BCUT2D eigenvalue weighted by Gasteiger charge is 2.15. The van der Waals surface area contributed by atoms with Crippen LogP contribution in [0.1, 0.15) is 17.5 Å². The molecule has 2 heterocycles. The Morgan fingerprint density at radius 2 is 1.62 bits per heavy atom. The van der Waals surface area contributed by atoms with Gasteiger partial charge in [0.05, 0.1) is 26.9 Å². The first-order valence-corrected chi connectivity index (χ1v) is 13.6. The van der Waals surface area contributed by atoms with Crippen LogP contribution in [0.25, 0.3) is 21.9 Å². The van der Waals surface area contributed by atoms with Gasteiger partial charge in [0.15, 0.2) is 0 Å². The van der Waals surface area contributed by atoms with Crippen molar-refractivity contribution in [1.29, 1.82) is 0 Å². The van der Waals surface area contributed by atoms with Crippen LogP contribution < -0.4 is 15.6 Å². The van der Waals surface area contributed by atoms with Crippen molar-refractivity contribution in [2.75, 3.05) is 40.0 Å². The normalized spacial score (nSPS) is 14.2. The van der Waals surface area contributed by atoms with E-state index in [2.05, 4.69) is 28.2 Å². The minimum Gasteiger partial charge on any atom is -0.496 e. The molecule has 2 aliphatic heterocycles. The first kappa shape index (κ1) is 25.9. The minimum atomic E-state index is -0.321. The molecule has 0 atom stereocenters. The summed E-state index contributed by atoms with van der Waals surface area (Å²) in [6.45, 7) is 4.91. The number of hydrogen-bond donors (Lipinski definition) is 2. The number of benzene rings is 3. The number of nitrogens with one attached hydrogen (secondary N) is 1. The van der Waals surface area contributed by atoms with E-state index in [1.54, 1.807) is 31.4 Å². The van der Waals surface area contributed by atoms with E-state index in [1.165, 1.54) is 10.2 Å². The quantitative estimate of drug-likeness (QED) is 0.293. The van der Waals surface area contributed by atoms with Crippen LogP contribution in [0.5, 0.6) is 5.75 Å². The van der Waals surface area contributed by atoms with E-state index >= 15 is 0 Å². The van der Waals surface area contributed by atoms with Crippen LogP contribution in [-0.4, -0.2) is 64.8 Å². The summed E-state index contributed by atoms with van der Waals surface area (Å²) in [5.41, 5.74) is 3.47. The van der Waals surface area contributed by atoms with Gasteiger partial charge in [0, 0.05) is 29.4 Å². The number of ether oxygens (including phenoxy) is 2. The van der Waals surface area contributed by atoms with E-state index in [4.69, 9.17) is 9.47 Å². The molecule has 1 aliphatic carbocycles. The van der Waals surface area contributed by atoms with Crippen molar-refractivity contribution in [3.63, 3.8) is 0 Å². The Morgan fingerprint density at radius 3 is 2.35 bits per heavy atom. The molecular weight excluding hydrogens is 508 g/mol. The second-order valence-corrected chi connectivity index (χ2v) is 10.2. The van der Waals surface area contributed by atoms with Crippen molar-refractivity contribution in [3.8, 4) is 16.9 Å². The van der Waals surface area contributed by atoms with Crippen molar-refractivity contribution < 1.29 is 14.7 Å². The summed E-state index contributed by atoms with van der Waals surface area (Å²) < 4.78 is 12.6. The fraction of sp³-hybridized carbons (Fsp3) is 0.290. The summed E-state index contributed by atoms with van der Waals surface area (Å²) >= 11 is 0. The number of morpholine rings is 1. The molecule has 9 nitrogen and oxygen atoms in total. The topological polar surface area (TPSA) is 102 Å². The summed E-state index contributed by atoms with van der Waals surface area (Å²) in [4.78, 5) is 29.3. The summed E-state index contributed by atoms with van der Waals surface area (Å²) in [7, 11) is 1.69. The number of methoxy groups -OCH3 is 1. The van der Waals surface area contributed by atoms with E-state index in [0.29, 0.717) is 15.7 Å². The summed E-state index contributed by atoms with van der Waals surface area (Å²) in [5.74, 6) is 0.821. The van der Waals surface area contributed by atoms with Gasteiger partial charge in [-0.3, -0.25) is 14.5 Å². The van der Waals surface area contributed by atoms with Crippen LogP contribution >= 0.6 is 0 Å². The zero-order chi connectivity index (χ0) is 27.6. The summed E-state index contributed by atoms with van der Waals surface area (Å²) in [6, 6.07) is 20.9. The average molecular weight is 541 g/mol. The molecule has 0 bridgehead atoms. The highest BCUT2D eigenvalue weighted by Crippen LogP contribution is 2.31. The van der Waals surface area contributed by atoms with Crippen molar-refractivity contribution in [2.24, 2.45) is 0 Å². The van der Waals surface area contributed by atoms with Gasteiger partial charge in [-0.15, -0.1) is 0 Å². The average Bonchev–Trinajstić information content (AvgIpc) is 3.32. The molecule has 0 radical (unpaired) electrons. The standard InChI is InChI=1S/C31H32N4O5/c1-39-27-19-21(5-4-14-33-15-17-40-18-16-33)10-13-24(27)23-11-8-22(9-12-23)20-34-29-28(32-35(34)38)30(36)25-6-2-3-7-26(25)31(29)37/h2-3,6-13,19,32,38H,4-5,14-18,20H2,1H3. The SMILES string of the molecule is COc1cc(CCCN2CCOCC2)ccc1-c1ccc(Cn2c3c(=O)c4ccccc4c(=O)c=3[nH]n2O)cc1. The van der Waals surface area contributed by atoms with Crippen LogP contribution in [0.15, 0.2) is 76.3 Å². The molecule has 1 fully saturated rings. The van der Waals surface area contributed by atoms with Gasteiger partial charge in [0.25, 0.3) is 0 Å². The van der Waals surface area contributed by atoms with Gasteiger partial charge in [-0.05, 0) is 42.1 Å². The molecule has 0 saturated carbocycles. The maximum atomic E-state index is 13.2. The Bertz CT molecular complexity index is 1830. The van der Waals surface area contributed by atoms with Crippen molar-refractivity contribution >= 4 is 10.8 Å². The lowest BCUT2D eigenvalue weighted by molar-refractivity contribution is 0.0374. The summed E-state index contributed by atoms with van der Waals surface area (Å²) in [6.07, 6.45) is 2.07. The molecule has 3 aliphatic rings. The van der Waals surface area contributed by atoms with Gasteiger partial charge >= 0.3 is 0 Å². The predicted octanol–water partition coefficient (Wildman–Crippen LogP) is 3.44. The minimum absolute atomic E-state index is 0.0811. The highest BCUT2D eigenvalue weighted by atomic mass is 16.5. The second-order valence-electron chi connectivity index (χ2n) is 10.2. The molecule has 6 rings (SSSR count). The van der Waals surface area contributed by atoms with Gasteiger partial charge in [0.2, 0.25) is 10.9 Å². The van der Waals surface area contributed by atoms with E-state index in [9.17, 15) is 14.8 Å². The fourth-order valence-electron chi connectivity index (χ4n) is 5.54. The van der Waals surface area contributed by atoms with E-state index in [-0.39, 0.29) is 28.1 Å². The number of fused-ring (bicyclic) bond motifs is 1. The van der Waals surface area contributed by atoms with Crippen LogP contribution in [0.3, 0.4) is 0 Å². The first-order valence-electron chi connectivity index (χ1n) is 13.6. The Morgan fingerprint density at radius 1 is 0.925 bits per heavy atom. The van der Waals surface area contributed by atoms with Crippen molar-refractivity contribution in [2.45, 2.75) is 19.4 Å². The number of nitrogens with zero attached hydrogens (tertiary/aromatic N) is 3. The maximum Gasteiger partial charge on any atom is 0.214 e. The molecule has 3 aromatic carbocycles. The number of H-pyrrole nitrogens is 1. The molecule has 0 amide bonds. The molecule has 1 saturated heterocycles. The Labute approximate surface area is 230 Å². The Balaban J connectivity index is 1.22. The Kier molecular flexibility index (Phi) is 7.15. The monoisotopic (exact) mass is 540 g/mol. The molecule has 2 N–H and O–H groups in total. The van der Waals surface area contributed by atoms with E-state index in [1.807, 2.05) is 24.3 Å². The number of aromatic amines is 1. The third kappa shape index (κ3) is 4.89. The second kappa shape index (κ2) is 11.0. The lowest BCUT2D eigenvalue weighted by Crippen LogP contribution is -2.36. The number of aryl methyl sites for hydroxylation is 1. The zero-order valence-corrected chi connectivity index (χ0v) is 22.4. The third-order valence-corrected chi connectivity index (χ3v) is 7.70. The van der Waals surface area contributed by atoms with Gasteiger partial charge in [-0.25, -0.2) is 9.78 Å². The van der Waals surface area contributed by atoms with Crippen LogP contribution in [0.2, 0.25) is 0 Å².